The second-order valence-electron chi connectivity index (χ2n) is 3.06. The zero-order valence-corrected chi connectivity index (χ0v) is 8.51. The molecule has 0 aromatic heterocycles. The molecule has 0 unspecified atom stereocenters. The van der Waals surface area contributed by atoms with Crippen LogP contribution in [0.25, 0.3) is 0 Å². The van der Waals surface area contributed by atoms with Crippen LogP contribution < -0.4 is 5.32 Å². The lowest BCUT2D eigenvalue weighted by Gasteiger charge is -2.09. The van der Waals surface area contributed by atoms with Gasteiger partial charge in [0, 0.05) is 0 Å². The molecule has 0 fully saturated rings. The maximum Gasteiger partial charge on any atom is 0.416 e. The molecule has 0 radical (unpaired) electrons. The van der Waals surface area contributed by atoms with Crippen LogP contribution in [0.15, 0.2) is 30.9 Å². The van der Waals surface area contributed by atoms with Gasteiger partial charge in [0.1, 0.15) is 6.07 Å². The van der Waals surface area contributed by atoms with Crippen LogP contribution in [0.3, 0.4) is 0 Å². The number of rotatable bonds is 2. The first-order valence-corrected chi connectivity index (χ1v) is 4.43. The fraction of sp³-hybridized carbons (Fsp3) is 0.0909. The lowest BCUT2D eigenvalue weighted by atomic mass is 10.1. The van der Waals surface area contributed by atoms with Crippen molar-refractivity contribution >= 4 is 11.6 Å². The van der Waals surface area contributed by atoms with Crippen LogP contribution in [0.4, 0.5) is 18.9 Å². The molecule has 0 bridgehead atoms. The summed E-state index contributed by atoms with van der Waals surface area (Å²) < 4.78 is 37.1. The first kappa shape index (κ1) is 12.8. The van der Waals surface area contributed by atoms with Gasteiger partial charge in [0.25, 0.3) is 0 Å². The highest BCUT2D eigenvalue weighted by atomic mass is 19.4. The SMILES string of the molecule is C=CC(=O)Nc1ccc(C(F)(F)F)cc1C#N. The van der Waals surface area contributed by atoms with Crippen molar-refractivity contribution in [1.29, 1.82) is 5.26 Å². The van der Waals surface area contributed by atoms with E-state index in [9.17, 15) is 18.0 Å². The Hall–Kier alpha value is -2.29. The summed E-state index contributed by atoms with van der Waals surface area (Å²) >= 11 is 0. The number of hydrogen-bond donors (Lipinski definition) is 1. The van der Waals surface area contributed by atoms with Gasteiger partial charge in [-0.15, -0.1) is 0 Å². The number of alkyl halides is 3. The smallest absolute Gasteiger partial charge is 0.321 e. The maximum absolute atomic E-state index is 12.4. The number of carbonyl (C=O) groups is 1. The van der Waals surface area contributed by atoms with Gasteiger partial charge in [0.05, 0.1) is 16.8 Å². The number of benzene rings is 1. The predicted octanol–water partition coefficient (Wildman–Crippen LogP) is 2.70. The summed E-state index contributed by atoms with van der Waals surface area (Å²) in [5.41, 5.74) is -1.17. The van der Waals surface area contributed by atoms with Crippen molar-refractivity contribution in [2.75, 3.05) is 5.32 Å². The first-order valence-electron chi connectivity index (χ1n) is 4.43. The third-order valence-electron chi connectivity index (χ3n) is 1.91. The summed E-state index contributed by atoms with van der Waals surface area (Å²) in [7, 11) is 0. The number of nitrogens with zero attached hydrogens (tertiary/aromatic N) is 1. The molecule has 0 aliphatic rings. The zero-order valence-electron chi connectivity index (χ0n) is 8.51. The standard InChI is InChI=1S/C11H7F3N2O/c1-2-10(17)16-9-4-3-8(11(12,13)14)5-7(9)6-15/h2-5H,1H2,(H,16,17). The molecule has 3 nitrogen and oxygen atoms in total. The van der Waals surface area contributed by atoms with Crippen LogP contribution in [0.5, 0.6) is 0 Å². The van der Waals surface area contributed by atoms with E-state index >= 15 is 0 Å². The Morgan fingerprint density at radius 2 is 2.12 bits per heavy atom. The van der Waals surface area contributed by atoms with E-state index in [1.807, 2.05) is 0 Å². The molecule has 0 saturated heterocycles. The van der Waals surface area contributed by atoms with Crippen molar-refractivity contribution in [2.45, 2.75) is 6.18 Å². The highest BCUT2D eigenvalue weighted by Crippen LogP contribution is 2.31. The lowest BCUT2D eigenvalue weighted by Crippen LogP contribution is -2.10. The van der Waals surface area contributed by atoms with Crippen molar-refractivity contribution in [3.63, 3.8) is 0 Å². The average Bonchev–Trinajstić information content (AvgIpc) is 2.27. The fourth-order valence-electron chi connectivity index (χ4n) is 1.11. The number of amides is 1. The van der Waals surface area contributed by atoms with Gasteiger partial charge in [-0.25, -0.2) is 0 Å². The van der Waals surface area contributed by atoms with Gasteiger partial charge < -0.3 is 5.32 Å². The van der Waals surface area contributed by atoms with E-state index in [0.29, 0.717) is 6.07 Å². The maximum atomic E-state index is 12.4. The molecule has 0 aliphatic carbocycles. The highest BCUT2D eigenvalue weighted by Gasteiger charge is 2.31. The van der Waals surface area contributed by atoms with Crippen LogP contribution in [-0.4, -0.2) is 5.91 Å². The minimum absolute atomic E-state index is 0.0189. The van der Waals surface area contributed by atoms with Gasteiger partial charge in [-0.3, -0.25) is 4.79 Å². The summed E-state index contributed by atoms with van der Waals surface area (Å²) in [4.78, 5) is 11.0. The summed E-state index contributed by atoms with van der Waals surface area (Å²) in [5.74, 6) is -0.596. The Bertz CT molecular complexity index is 500. The lowest BCUT2D eigenvalue weighted by molar-refractivity contribution is -0.137. The van der Waals surface area contributed by atoms with E-state index in [1.54, 1.807) is 6.07 Å². The zero-order chi connectivity index (χ0) is 13.1. The van der Waals surface area contributed by atoms with Crippen molar-refractivity contribution in [2.24, 2.45) is 0 Å². The minimum Gasteiger partial charge on any atom is -0.321 e. The van der Waals surface area contributed by atoms with Crippen molar-refractivity contribution < 1.29 is 18.0 Å². The van der Waals surface area contributed by atoms with Crippen LogP contribution in [0, 0.1) is 11.3 Å². The largest absolute Gasteiger partial charge is 0.416 e. The fourth-order valence-corrected chi connectivity index (χ4v) is 1.11. The Morgan fingerprint density at radius 3 is 2.59 bits per heavy atom. The van der Waals surface area contributed by atoms with Gasteiger partial charge in [0.2, 0.25) is 5.91 Å². The monoisotopic (exact) mass is 240 g/mol. The molecule has 1 amide bonds. The number of nitriles is 1. The Morgan fingerprint density at radius 1 is 1.47 bits per heavy atom. The first-order chi connectivity index (χ1) is 7.88. The van der Waals surface area contributed by atoms with Crippen molar-refractivity contribution in [3.8, 4) is 6.07 Å². The van der Waals surface area contributed by atoms with Crippen LogP contribution in [-0.2, 0) is 11.0 Å². The van der Waals surface area contributed by atoms with Gasteiger partial charge >= 0.3 is 6.18 Å². The molecule has 0 atom stereocenters. The van der Waals surface area contributed by atoms with E-state index in [1.165, 1.54) is 0 Å². The van der Waals surface area contributed by atoms with Crippen molar-refractivity contribution in [1.82, 2.24) is 0 Å². The van der Waals surface area contributed by atoms with Gasteiger partial charge in [-0.05, 0) is 24.3 Å². The van der Waals surface area contributed by atoms with E-state index in [0.717, 1.165) is 18.2 Å². The highest BCUT2D eigenvalue weighted by molar-refractivity contribution is 5.99. The van der Waals surface area contributed by atoms with E-state index in [-0.39, 0.29) is 11.3 Å². The van der Waals surface area contributed by atoms with Crippen LogP contribution in [0.2, 0.25) is 0 Å². The third kappa shape index (κ3) is 3.08. The predicted molar refractivity (Wildman–Crippen MR) is 55.0 cm³/mol. The second kappa shape index (κ2) is 4.70. The molecule has 1 aromatic rings. The molecule has 88 valence electrons. The quantitative estimate of drug-likeness (QED) is 0.808. The Balaban J connectivity index is 3.16. The van der Waals surface area contributed by atoms with Gasteiger partial charge in [-0.1, -0.05) is 6.58 Å². The number of carbonyl (C=O) groups excluding carboxylic acids is 1. The topological polar surface area (TPSA) is 52.9 Å². The molecule has 0 aliphatic heterocycles. The van der Waals surface area contributed by atoms with Crippen LogP contribution >= 0.6 is 0 Å². The van der Waals surface area contributed by atoms with E-state index < -0.39 is 17.6 Å². The molecular formula is C11H7F3N2O. The van der Waals surface area contributed by atoms with Gasteiger partial charge in [-0.2, -0.15) is 18.4 Å². The van der Waals surface area contributed by atoms with E-state index in [4.69, 9.17) is 5.26 Å². The summed E-state index contributed by atoms with van der Waals surface area (Å²) in [6.45, 7) is 3.19. The summed E-state index contributed by atoms with van der Waals surface area (Å²) in [5, 5.41) is 10.9. The number of nitrogens with one attached hydrogen (secondary N) is 1. The molecule has 6 heteroatoms. The van der Waals surface area contributed by atoms with Crippen LogP contribution in [0.1, 0.15) is 11.1 Å². The Labute approximate surface area is 95.2 Å². The normalized spacial score (nSPS) is 10.5. The number of anilines is 1. The molecule has 1 N–H and O–H groups in total. The Kier molecular flexibility index (Phi) is 3.53. The molecule has 0 spiro atoms. The average molecular weight is 240 g/mol. The number of hydrogen-bond acceptors (Lipinski definition) is 2. The molecule has 0 heterocycles. The van der Waals surface area contributed by atoms with Gasteiger partial charge in [0.15, 0.2) is 0 Å². The summed E-state index contributed by atoms with van der Waals surface area (Å²) in [6.07, 6.45) is -3.56. The summed E-state index contributed by atoms with van der Waals surface area (Å²) in [6, 6.07) is 4.09. The molecule has 0 saturated carbocycles. The molecule has 1 rings (SSSR count). The second-order valence-corrected chi connectivity index (χ2v) is 3.06. The molecule has 1 aromatic carbocycles. The van der Waals surface area contributed by atoms with E-state index in [2.05, 4.69) is 11.9 Å². The number of halogens is 3. The molecular weight excluding hydrogens is 233 g/mol. The third-order valence-corrected chi connectivity index (χ3v) is 1.91. The minimum atomic E-state index is -4.52. The molecule has 17 heavy (non-hydrogen) atoms. The van der Waals surface area contributed by atoms with Crippen molar-refractivity contribution in [3.05, 3.63) is 42.0 Å².